The number of aliphatic carboxylic acids is 3. The monoisotopic (exact) mass is 621 g/mol. The molecular weight excluding hydrogens is 578 g/mol. The Morgan fingerprint density at radius 3 is 2.05 bits per heavy atom. The highest BCUT2D eigenvalue weighted by molar-refractivity contribution is 7.09. The molecule has 4 heterocycles. The molecule has 0 radical (unpaired) electrons. The summed E-state index contributed by atoms with van der Waals surface area (Å²) in [4.78, 5) is 46.1. The summed E-state index contributed by atoms with van der Waals surface area (Å²) in [6.07, 6.45) is 4.00. The third kappa shape index (κ3) is 10.8. The molecule has 2 aromatic heterocycles. The van der Waals surface area contributed by atoms with E-state index < -0.39 is 36.4 Å². The molecule has 0 aromatic carbocycles. The van der Waals surface area contributed by atoms with Gasteiger partial charge in [0.25, 0.3) is 0 Å². The Kier molecular flexibility index (Phi) is 11.6. The first kappa shape index (κ1) is 34.3. The standard InChI is InChI=1S/C23H35N5OS.C6H8O7/c1-22(2)12-19(13-23(3,4)26-22)28(17-20-6-5-11-30-20)16-18-14-24-21(25-15-18)27-7-9-29-10-8-27;7-3(8)1-6(13,5(11)12)2-4(9)10/h5-6,11,14-15,19,26H,7-10,12-13,16-17H2,1-4H3;13H,1-2H2,(H,7,8)(H,9,10)(H,11,12). The maximum Gasteiger partial charge on any atom is 0.336 e. The van der Waals surface area contributed by atoms with E-state index in [-0.39, 0.29) is 11.1 Å². The summed E-state index contributed by atoms with van der Waals surface area (Å²) >= 11 is 1.84. The molecule has 13 nitrogen and oxygen atoms in total. The van der Waals surface area contributed by atoms with Crippen LogP contribution in [0.15, 0.2) is 29.9 Å². The van der Waals surface area contributed by atoms with Gasteiger partial charge in [0.1, 0.15) is 0 Å². The summed E-state index contributed by atoms with van der Waals surface area (Å²) in [7, 11) is 0. The minimum atomic E-state index is -2.74. The summed E-state index contributed by atoms with van der Waals surface area (Å²) in [5.74, 6) is -4.20. The van der Waals surface area contributed by atoms with Crippen molar-refractivity contribution >= 4 is 35.2 Å². The van der Waals surface area contributed by atoms with E-state index >= 15 is 0 Å². The number of morpholine rings is 1. The summed E-state index contributed by atoms with van der Waals surface area (Å²) in [5.41, 5.74) is -1.32. The molecule has 5 N–H and O–H groups in total. The first-order valence-corrected chi connectivity index (χ1v) is 15.0. The number of nitrogens with one attached hydrogen (secondary N) is 1. The molecular formula is C29H43N5O8S. The number of carbonyl (C=O) groups is 3. The number of aromatic nitrogens is 2. The van der Waals surface area contributed by atoms with E-state index in [0.29, 0.717) is 6.04 Å². The second-order valence-electron chi connectivity index (χ2n) is 12.4. The van der Waals surface area contributed by atoms with Gasteiger partial charge in [-0.1, -0.05) is 6.07 Å². The number of thiophene rings is 1. The molecule has 2 aliphatic rings. The first-order valence-electron chi connectivity index (χ1n) is 14.2. The van der Waals surface area contributed by atoms with Crippen LogP contribution in [-0.2, 0) is 32.2 Å². The second kappa shape index (κ2) is 14.5. The van der Waals surface area contributed by atoms with Crippen molar-refractivity contribution in [1.82, 2.24) is 20.2 Å². The lowest BCUT2D eigenvalue weighted by atomic mass is 9.79. The molecule has 0 bridgehead atoms. The van der Waals surface area contributed by atoms with Gasteiger partial charge in [0.05, 0.1) is 26.1 Å². The highest BCUT2D eigenvalue weighted by Gasteiger charge is 2.41. The van der Waals surface area contributed by atoms with Crippen molar-refractivity contribution in [2.24, 2.45) is 0 Å². The Labute approximate surface area is 255 Å². The van der Waals surface area contributed by atoms with Crippen LogP contribution in [0.5, 0.6) is 0 Å². The number of ether oxygens (including phenoxy) is 1. The maximum absolute atomic E-state index is 10.3. The van der Waals surface area contributed by atoms with E-state index in [9.17, 15) is 14.4 Å². The lowest BCUT2D eigenvalue weighted by Gasteiger charge is -2.49. The third-order valence-electron chi connectivity index (χ3n) is 7.28. The van der Waals surface area contributed by atoms with Crippen molar-refractivity contribution in [2.45, 2.75) is 89.2 Å². The van der Waals surface area contributed by atoms with Gasteiger partial charge in [0.2, 0.25) is 5.95 Å². The SMILES string of the molecule is CC1(C)CC(N(Cc2cnc(N3CCOCC3)nc2)Cc2cccs2)CC(C)(C)N1.O=C(O)CC(O)(CC(=O)O)C(=O)O. The molecule has 238 valence electrons. The third-order valence-corrected chi connectivity index (χ3v) is 8.14. The van der Waals surface area contributed by atoms with Crippen molar-refractivity contribution in [3.8, 4) is 0 Å². The Morgan fingerprint density at radius 2 is 1.58 bits per heavy atom. The van der Waals surface area contributed by atoms with Gasteiger partial charge in [-0.3, -0.25) is 14.5 Å². The van der Waals surface area contributed by atoms with Gasteiger partial charge in [0.15, 0.2) is 5.60 Å². The number of hydrogen-bond acceptors (Lipinski definition) is 11. The van der Waals surface area contributed by atoms with Crippen LogP contribution in [0.3, 0.4) is 0 Å². The minimum Gasteiger partial charge on any atom is -0.481 e. The lowest BCUT2D eigenvalue weighted by Crippen LogP contribution is -2.62. The zero-order valence-corrected chi connectivity index (χ0v) is 26.0. The van der Waals surface area contributed by atoms with Gasteiger partial charge >= 0.3 is 17.9 Å². The van der Waals surface area contributed by atoms with Crippen LogP contribution in [0.2, 0.25) is 0 Å². The number of anilines is 1. The van der Waals surface area contributed by atoms with Crippen molar-refractivity contribution in [3.05, 3.63) is 40.3 Å². The van der Waals surface area contributed by atoms with E-state index in [0.717, 1.165) is 58.2 Å². The highest BCUT2D eigenvalue weighted by Crippen LogP contribution is 2.33. The van der Waals surface area contributed by atoms with Crippen molar-refractivity contribution in [2.75, 3.05) is 31.2 Å². The maximum atomic E-state index is 10.3. The molecule has 14 heteroatoms. The zero-order chi connectivity index (χ0) is 31.8. The van der Waals surface area contributed by atoms with E-state index in [4.69, 9.17) is 25.2 Å². The van der Waals surface area contributed by atoms with Gasteiger partial charge in [0, 0.05) is 66.1 Å². The van der Waals surface area contributed by atoms with Gasteiger partial charge in [-0.25, -0.2) is 14.8 Å². The summed E-state index contributed by atoms with van der Waals surface area (Å²) in [5, 5.41) is 39.8. The zero-order valence-electron chi connectivity index (χ0n) is 25.2. The fourth-order valence-electron chi connectivity index (χ4n) is 5.75. The van der Waals surface area contributed by atoms with E-state index in [1.165, 1.54) is 10.4 Å². The topological polar surface area (TPSA) is 186 Å². The molecule has 0 aliphatic carbocycles. The van der Waals surface area contributed by atoms with Crippen molar-refractivity contribution in [1.29, 1.82) is 0 Å². The number of rotatable bonds is 11. The fourth-order valence-corrected chi connectivity index (χ4v) is 6.48. The molecule has 0 saturated carbocycles. The Hall–Kier alpha value is -3.17. The number of carboxylic acids is 3. The van der Waals surface area contributed by atoms with Crippen LogP contribution < -0.4 is 10.2 Å². The van der Waals surface area contributed by atoms with Gasteiger partial charge in [-0.05, 0) is 52.0 Å². The number of aliphatic hydroxyl groups is 1. The van der Waals surface area contributed by atoms with E-state index in [2.05, 4.69) is 70.3 Å². The molecule has 2 saturated heterocycles. The predicted molar refractivity (Wildman–Crippen MR) is 160 cm³/mol. The van der Waals surface area contributed by atoms with Gasteiger partial charge in [-0.2, -0.15) is 0 Å². The molecule has 2 aromatic rings. The summed E-state index contributed by atoms with van der Waals surface area (Å²) < 4.78 is 5.44. The number of piperidine rings is 1. The van der Waals surface area contributed by atoms with Crippen LogP contribution in [-0.4, -0.2) is 102 Å². The second-order valence-corrected chi connectivity index (χ2v) is 13.4. The Balaban J connectivity index is 0.000000331. The van der Waals surface area contributed by atoms with Crippen molar-refractivity contribution < 1.29 is 39.5 Å². The minimum absolute atomic E-state index is 0.122. The molecule has 4 rings (SSSR count). The molecule has 2 fully saturated rings. The summed E-state index contributed by atoms with van der Waals surface area (Å²) in [6, 6.07) is 4.90. The molecule has 0 spiro atoms. The van der Waals surface area contributed by atoms with Crippen molar-refractivity contribution in [3.63, 3.8) is 0 Å². The number of nitrogens with zero attached hydrogens (tertiary/aromatic N) is 4. The van der Waals surface area contributed by atoms with Gasteiger partial charge in [-0.15, -0.1) is 11.3 Å². The fraction of sp³-hybridized carbons (Fsp3) is 0.621. The average molecular weight is 622 g/mol. The van der Waals surface area contributed by atoms with Crippen LogP contribution in [0, 0.1) is 0 Å². The first-order chi connectivity index (χ1) is 20.1. The largest absolute Gasteiger partial charge is 0.481 e. The normalized spacial score (nSPS) is 18.5. The predicted octanol–water partition coefficient (Wildman–Crippen LogP) is 2.44. The molecule has 0 amide bonds. The lowest BCUT2D eigenvalue weighted by molar-refractivity contribution is -0.170. The quantitative estimate of drug-likeness (QED) is 0.247. The highest BCUT2D eigenvalue weighted by atomic mass is 32.1. The number of hydrogen-bond donors (Lipinski definition) is 5. The van der Waals surface area contributed by atoms with E-state index in [1.807, 2.05) is 23.7 Å². The average Bonchev–Trinajstić information content (AvgIpc) is 3.40. The molecule has 43 heavy (non-hydrogen) atoms. The smallest absolute Gasteiger partial charge is 0.336 e. The van der Waals surface area contributed by atoms with Crippen LogP contribution >= 0.6 is 11.3 Å². The number of carboxylic acid groups (broad SMARTS) is 3. The van der Waals surface area contributed by atoms with Crippen LogP contribution in [0.4, 0.5) is 5.95 Å². The summed E-state index contributed by atoms with van der Waals surface area (Å²) in [6.45, 7) is 14.4. The van der Waals surface area contributed by atoms with Crippen LogP contribution in [0.25, 0.3) is 0 Å². The van der Waals surface area contributed by atoms with E-state index in [1.54, 1.807) is 0 Å². The Morgan fingerprint density at radius 1 is 1.02 bits per heavy atom. The molecule has 0 atom stereocenters. The van der Waals surface area contributed by atoms with Gasteiger partial charge < -0.3 is 35.4 Å². The molecule has 0 unspecified atom stereocenters. The Bertz CT molecular complexity index is 1180. The van der Waals surface area contributed by atoms with Crippen LogP contribution in [0.1, 0.15) is 63.8 Å². The molecule has 2 aliphatic heterocycles.